The number of carbonyl (C=O) groups is 1. The number of carbonyl (C=O) groups excluding carboxylic acids is 1. The molecule has 0 aliphatic rings. The van der Waals surface area contributed by atoms with E-state index in [9.17, 15) is 14.4 Å². The molecule has 4 aromatic rings. The molecular formula is C22H20N4O5S. The van der Waals surface area contributed by atoms with Gasteiger partial charge in [0.2, 0.25) is 5.91 Å². The normalized spacial score (nSPS) is 10.8. The van der Waals surface area contributed by atoms with Crippen LogP contribution in [0.1, 0.15) is 4.88 Å². The third-order valence-electron chi connectivity index (χ3n) is 4.87. The molecule has 0 aliphatic carbocycles. The van der Waals surface area contributed by atoms with Crippen LogP contribution in [-0.4, -0.2) is 34.2 Å². The molecular weight excluding hydrogens is 432 g/mol. The van der Waals surface area contributed by atoms with Crippen LogP contribution in [0, 0.1) is 0 Å². The molecule has 0 saturated carbocycles. The first-order valence-electron chi connectivity index (χ1n) is 9.64. The molecule has 1 N–H and O–H groups in total. The highest BCUT2D eigenvalue weighted by molar-refractivity contribution is 7.09. The van der Waals surface area contributed by atoms with Crippen molar-refractivity contribution in [3.63, 3.8) is 0 Å². The minimum atomic E-state index is -0.583. The highest BCUT2D eigenvalue weighted by Crippen LogP contribution is 2.29. The van der Waals surface area contributed by atoms with E-state index in [2.05, 4.69) is 10.3 Å². The van der Waals surface area contributed by atoms with Crippen molar-refractivity contribution in [2.24, 2.45) is 0 Å². The number of aromatic nitrogens is 3. The number of anilines is 1. The van der Waals surface area contributed by atoms with Crippen LogP contribution in [-0.2, 0) is 17.9 Å². The zero-order chi connectivity index (χ0) is 22.7. The van der Waals surface area contributed by atoms with E-state index in [1.54, 1.807) is 30.3 Å². The van der Waals surface area contributed by atoms with E-state index >= 15 is 0 Å². The number of amides is 1. The van der Waals surface area contributed by atoms with Gasteiger partial charge in [-0.15, -0.1) is 11.3 Å². The predicted octanol–water partition coefficient (Wildman–Crippen LogP) is 2.32. The van der Waals surface area contributed by atoms with Gasteiger partial charge in [0.1, 0.15) is 18.0 Å². The van der Waals surface area contributed by atoms with Crippen molar-refractivity contribution in [3.8, 4) is 11.5 Å². The van der Waals surface area contributed by atoms with Gasteiger partial charge in [-0.25, -0.2) is 9.78 Å². The van der Waals surface area contributed by atoms with Gasteiger partial charge in [0.15, 0.2) is 5.52 Å². The first-order valence-corrected chi connectivity index (χ1v) is 10.5. The summed E-state index contributed by atoms with van der Waals surface area (Å²) in [6, 6.07) is 11.9. The fraction of sp³-hybridized carbons (Fsp3) is 0.182. The van der Waals surface area contributed by atoms with Crippen LogP contribution < -0.4 is 26.0 Å². The minimum Gasteiger partial charge on any atom is -0.497 e. The van der Waals surface area contributed by atoms with Gasteiger partial charge in [0, 0.05) is 17.1 Å². The van der Waals surface area contributed by atoms with Crippen LogP contribution >= 0.6 is 11.3 Å². The fourth-order valence-electron chi connectivity index (χ4n) is 3.33. The van der Waals surface area contributed by atoms with Gasteiger partial charge in [-0.2, -0.15) is 0 Å². The van der Waals surface area contributed by atoms with Crippen LogP contribution in [0.2, 0.25) is 0 Å². The van der Waals surface area contributed by atoms with Crippen LogP contribution in [0.25, 0.3) is 11.0 Å². The Hall–Kier alpha value is -3.92. The first-order chi connectivity index (χ1) is 15.5. The van der Waals surface area contributed by atoms with Crippen LogP contribution in [0.4, 0.5) is 5.69 Å². The monoisotopic (exact) mass is 452 g/mol. The molecule has 9 nitrogen and oxygen atoms in total. The summed E-state index contributed by atoms with van der Waals surface area (Å²) in [5.41, 5.74) is -0.228. The van der Waals surface area contributed by atoms with Gasteiger partial charge in [-0.3, -0.25) is 18.7 Å². The molecule has 1 aromatic carbocycles. The summed E-state index contributed by atoms with van der Waals surface area (Å²) in [6.07, 6.45) is 1.48. The largest absolute Gasteiger partial charge is 0.497 e. The van der Waals surface area contributed by atoms with Crippen LogP contribution in [0.3, 0.4) is 0 Å². The first kappa shape index (κ1) is 21.3. The lowest BCUT2D eigenvalue weighted by atomic mass is 10.2. The minimum absolute atomic E-state index is 0.107. The number of ether oxygens (including phenoxy) is 2. The lowest BCUT2D eigenvalue weighted by molar-refractivity contribution is -0.116. The highest BCUT2D eigenvalue weighted by atomic mass is 32.1. The fourth-order valence-corrected chi connectivity index (χ4v) is 4.02. The average molecular weight is 452 g/mol. The molecule has 0 atom stereocenters. The van der Waals surface area contributed by atoms with Gasteiger partial charge < -0.3 is 14.8 Å². The van der Waals surface area contributed by atoms with E-state index in [0.717, 1.165) is 9.44 Å². The molecule has 0 spiro atoms. The Kier molecular flexibility index (Phi) is 6.04. The molecule has 0 bridgehead atoms. The maximum Gasteiger partial charge on any atom is 0.332 e. The molecule has 0 aliphatic heterocycles. The van der Waals surface area contributed by atoms with E-state index in [1.165, 1.54) is 36.3 Å². The maximum atomic E-state index is 13.2. The summed E-state index contributed by atoms with van der Waals surface area (Å²) >= 11 is 1.44. The molecule has 3 aromatic heterocycles. The number of thiophene rings is 1. The van der Waals surface area contributed by atoms with Gasteiger partial charge in [-0.05, 0) is 35.7 Å². The van der Waals surface area contributed by atoms with Gasteiger partial charge in [-0.1, -0.05) is 6.07 Å². The number of hydrogen-bond donors (Lipinski definition) is 1. The molecule has 0 unspecified atom stereocenters. The number of fused-ring (bicyclic) bond motifs is 1. The van der Waals surface area contributed by atoms with Gasteiger partial charge in [0.25, 0.3) is 5.56 Å². The van der Waals surface area contributed by atoms with Crippen molar-refractivity contribution < 1.29 is 14.3 Å². The van der Waals surface area contributed by atoms with E-state index in [1.807, 2.05) is 17.5 Å². The van der Waals surface area contributed by atoms with Gasteiger partial charge >= 0.3 is 5.69 Å². The lowest BCUT2D eigenvalue weighted by Crippen LogP contribution is -2.42. The number of benzene rings is 1. The molecule has 0 saturated heterocycles. The Morgan fingerprint density at radius 3 is 2.66 bits per heavy atom. The summed E-state index contributed by atoms with van der Waals surface area (Å²) in [6.45, 7) is -0.198. The molecule has 3 heterocycles. The average Bonchev–Trinajstić information content (AvgIpc) is 3.33. The summed E-state index contributed by atoms with van der Waals surface area (Å²) in [7, 11) is 3.01. The molecule has 10 heteroatoms. The molecule has 164 valence electrons. The Bertz CT molecular complexity index is 1390. The highest BCUT2D eigenvalue weighted by Gasteiger charge is 2.17. The van der Waals surface area contributed by atoms with E-state index in [4.69, 9.17) is 9.47 Å². The number of nitrogens with one attached hydrogen (secondary N) is 1. The maximum absolute atomic E-state index is 13.2. The zero-order valence-electron chi connectivity index (χ0n) is 17.4. The van der Waals surface area contributed by atoms with Crippen molar-refractivity contribution in [2.45, 2.75) is 13.1 Å². The number of pyridine rings is 1. The van der Waals surface area contributed by atoms with Crippen LogP contribution in [0.5, 0.6) is 11.5 Å². The molecule has 1 amide bonds. The van der Waals surface area contributed by atoms with Crippen molar-refractivity contribution in [2.75, 3.05) is 19.5 Å². The van der Waals surface area contributed by atoms with Crippen molar-refractivity contribution in [1.82, 2.24) is 14.1 Å². The zero-order valence-corrected chi connectivity index (χ0v) is 18.2. The topological polar surface area (TPSA) is 104 Å². The number of nitrogens with zero attached hydrogens (tertiary/aromatic N) is 3. The summed E-state index contributed by atoms with van der Waals surface area (Å²) in [5.74, 6) is 0.537. The number of rotatable bonds is 7. The summed E-state index contributed by atoms with van der Waals surface area (Å²) < 4.78 is 12.8. The molecule has 0 radical (unpaired) electrons. The SMILES string of the molecule is COc1ccc(NC(=O)Cn2c(=O)n(Cc3cccs3)c(=O)c3ncccc32)c(OC)c1. The smallest absolute Gasteiger partial charge is 0.332 e. The molecule has 32 heavy (non-hydrogen) atoms. The number of methoxy groups -OCH3 is 2. The van der Waals surface area contributed by atoms with E-state index < -0.39 is 17.2 Å². The number of hydrogen-bond acceptors (Lipinski definition) is 7. The second kappa shape index (κ2) is 9.06. The van der Waals surface area contributed by atoms with Crippen LogP contribution in [0.15, 0.2) is 63.6 Å². The second-order valence-electron chi connectivity index (χ2n) is 6.82. The predicted molar refractivity (Wildman–Crippen MR) is 122 cm³/mol. The Balaban J connectivity index is 1.72. The molecule has 0 fully saturated rings. The quantitative estimate of drug-likeness (QED) is 0.462. The Morgan fingerprint density at radius 2 is 1.94 bits per heavy atom. The third-order valence-corrected chi connectivity index (χ3v) is 5.73. The Morgan fingerprint density at radius 1 is 1.09 bits per heavy atom. The van der Waals surface area contributed by atoms with E-state index in [0.29, 0.717) is 22.7 Å². The summed E-state index contributed by atoms with van der Waals surface area (Å²) in [4.78, 5) is 44.0. The standard InChI is InChI=1S/C22H20N4O5S/c1-30-14-7-8-16(18(11-14)31-2)24-19(27)13-25-17-6-3-9-23-20(17)21(28)26(22(25)29)12-15-5-4-10-32-15/h3-11H,12-13H2,1-2H3,(H,24,27). The second-order valence-corrected chi connectivity index (χ2v) is 7.86. The lowest BCUT2D eigenvalue weighted by Gasteiger charge is -2.15. The third kappa shape index (κ3) is 4.12. The van der Waals surface area contributed by atoms with Gasteiger partial charge in [0.05, 0.1) is 32.0 Å². The van der Waals surface area contributed by atoms with Crippen molar-refractivity contribution in [1.29, 1.82) is 0 Å². The molecule has 4 rings (SSSR count). The summed E-state index contributed by atoms with van der Waals surface area (Å²) in [5, 5.41) is 4.62. The Labute approximate surface area is 186 Å². The van der Waals surface area contributed by atoms with Crippen molar-refractivity contribution in [3.05, 3.63) is 79.8 Å². The van der Waals surface area contributed by atoms with Crippen molar-refractivity contribution >= 4 is 34.0 Å². The van der Waals surface area contributed by atoms with E-state index in [-0.39, 0.29) is 18.6 Å².